The van der Waals surface area contributed by atoms with Crippen LogP contribution in [0.4, 0.5) is 0 Å². The summed E-state index contributed by atoms with van der Waals surface area (Å²) in [5.74, 6) is 3.65. The second kappa shape index (κ2) is 7.89. The maximum absolute atomic E-state index is 6.27. The van der Waals surface area contributed by atoms with E-state index in [0.29, 0.717) is 17.5 Å². The Hall–Kier alpha value is -4.83. The molecule has 0 amide bonds. The largest absolute Gasteiger partial charge is 0.456 e. The Morgan fingerprint density at radius 1 is 0.429 bits per heavy atom. The minimum Gasteiger partial charge on any atom is -0.456 e. The molecule has 0 fully saturated rings. The molecule has 0 bridgehead atoms. The van der Waals surface area contributed by atoms with Gasteiger partial charge in [0.15, 0.2) is 17.5 Å². The monoisotopic (exact) mass is 449 g/mol. The first-order valence-electron chi connectivity index (χ1n) is 11.5. The van der Waals surface area contributed by atoms with Gasteiger partial charge >= 0.3 is 0 Å². The lowest BCUT2D eigenvalue weighted by atomic mass is 9.93. The molecule has 0 atom stereocenters. The fourth-order valence-corrected chi connectivity index (χ4v) is 4.64. The molecule has 7 rings (SSSR count). The van der Waals surface area contributed by atoms with Crippen molar-refractivity contribution in [3.8, 4) is 56.8 Å². The summed E-state index contributed by atoms with van der Waals surface area (Å²) in [6, 6.07) is 38.7. The summed E-state index contributed by atoms with van der Waals surface area (Å²) in [6.07, 6.45) is 0. The molecule has 6 aromatic rings. The molecule has 0 spiro atoms. The average molecular weight is 450 g/mol. The molecule has 2 heterocycles. The minimum absolute atomic E-state index is 0.631. The third-order valence-electron chi connectivity index (χ3n) is 6.31. The Kier molecular flexibility index (Phi) is 4.42. The van der Waals surface area contributed by atoms with E-state index < -0.39 is 0 Å². The van der Waals surface area contributed by atoms with Crippen LogP contribution in [0, 0.1) is 0 Å². The molecule has 0 saturated carbocycles. The van der Waals surface area contributed by atoms with E-state index in [1.165, 1.54) is 0 Å². The standard InChI is InChI=1S/C31H19N3O/c1-3-9-21(10-4-1)29-32-30(22-11-5-2-6-12-22)34-31(33-29)23-17-18-26-25(19-23)24-15-7-13-20-14-8-16-27(35-26)28(20)24/h1-19H. The van der Waals surface area contributed by atoms with Crippen molar-refractivity contribution in [2.75, 3.05) is 0 Å². The predicted octanol–water partition coefficient (Wildman–Crippen LogP) is 7.80. The number of aromatic nitrogens is 3. The van der Waals surface area contributed by atoms with Gasteiger partial charge in [0, 0.05) is 27.6 Å². The number of fused-ring (bicyclic) bond motifs is 2. The van der Waals surface area contributed by atoms with Crippen LogP contribution in [0.3, 0.4) is 0 Å². The zero-order valence-corrected chi connectivity index (χ0v) is 18.7. The van der Waals surface area contributed by atoms with Gasteiger partial charge in [0.05, 0.1) is 0 Å². The summed E-state index contributed by atoms with van der Waals surface area (Å²) in [5, 5.41) is 2.29. The molecule has 1 aliphatic rings. The van der Waals surface area contributed by atoms with Crippen molar-refractivity contribution in [1.82, 2.24) is 15.0 Å². The maximum Gasteiger partial charge on any atom is 0.164 e. The smallest absolute Gasteiger partial charge is 0.164 e. The Labute approximate surface area is 202 Å². The number of hydrogen-bond donors (Lipinski definition) is 0. The minimum atomic E-state index is 0.631. The van der Waals surface area contributed by atoms with Gasteiger partial charge in [-0.1, -0.05) is 91.0 Å². The predicted molar refractivity (Wildman–Crippen MR) is 139 cm³/mol. The molecule has 164 valence electrons. The highest BCUT2D eigenvalue weighted by Gasteiger charge is 2.21. The van der Waals surface area contributed by atoms with Crippen LogP contribution in [0.25, 0.3) is 56.1 Å². The van der Waals surface area contributed by atoms with Crippen LogP contribution < -0.4 is 4.74 Å². The molecular weight excluding hydrogens is 430 g/mol. The first-order valence-corrected chi connectivity index (χ1v) is 11.5. The third-order valence-corrected chi connectivity index (χ3v) is 6.31. The van der Waals surface area contributed by atoms with Gasteiger partial charge in [-0.15, -0.1) is 0 Å². The molecule has 4 nitrogen and oxygen atoms in total. The van der Waals surface area contributed by atoms with Crippen molar-refractivity contribution >= 4 is 10.8 Å². The zero-order valence-electron chi connectivity index (χ0n) is 18.7. The average Bonchev–Trinajstić information content (AvgIpc) is 2.94. The Balaban J connectivity index is 1.43. The molecule has 4 heteroatoms. The van der Waals surface area contributed by atoms with Crippen LogP contribution in [0.15, 0.2) is 115 Å². The molecule has 35 heavy (non-hydrogen) atoms. The van der Waals surface area contributed by atoms with E-state index in [9.17, 15) is 0 Å². The van der Waals surface area contributed by atoms with Gasteiger partial charge in [-0.25, -0.2) is 15.0 Å². The van der Waals surface area contributed by atoms with Crippen LogP contribution in [-0.2, 0) is 0 Å². The fraction of sp³-hybridized carbons (Fsp3) is 0. The van der Waals surface area contributed by atoms with E-state index in [1.54, 1.807) is 0 Å². The summed E-state index contributed by atoms with van der Waals surface area (Å²) in [7, 11) is 0. The highest BCUT2D eigenvalue weighted by Crippen LogP contribution is 2.47. The van der Waals surface area contributed by atoms with Crippen molar-refractivity contribution in [2.45, 2.75) is 0 Å². The van der Waals surface area contributed by atoms with E-state index in [1.807, 2.05) is 84.9 Å². The van der Waals surface area contributed by atoms with Crippen molar-refractivity contribution in [3.05, 3.63) is 115 Å². The van der Waals surface area contributed by atoms with Gasteiger partial charge in [-0.05, 0) is 35.2 Å². The molecule has 0 unspecified atom stereocenters. The maximum atomic E-state index is 6.27. The van der Waals surface area contributed by atoms with Crippen LogP contribution in [0.2, 0.25) is 0 Å². The summed E-state index contributed by atoms with van der Waals surface area (Å²) in [6.45, 7) is 0. The molecule has 1 aliphatic heterocycles. The van der Waals surface area contributed by atoms with Gasteiger partial charge in [-0.3, -0.25) is 0 Å². The van der Waals surface area contributed by atoms with E-state index in [-0.39, 0.29) is 0 Å². The Morgan fingerprint density at radius 3 is 1.69 bits per heavy atom. The van der Waals surface area contributed by atoms with Crippen LogP contribution in [-0.4, -0.2) is 15.0 Å². The number of rotatable bonds is 3. The Bertz CT molecular complexity index is 1650. The number of nitrogens with zero attached hydrogens (tertiary/aromatic N) is 3. The first kappa shape index (κ1) is 19.6. The number of hydrogen-bond acceptors (Lipinski definition) is 4. The topological polar surface area (TPSA) is 47.9 Å². The van der Waals surface area contributed by atoms with Gasteiger partial charge in [0.25, 0.3) is 0 Å². The summed E-state index contributed by atoms with van der Waals surface area (Å²) < 4.78 is 6.27. The van der Waals surface area contributed by atoms with E-state index >= 15 is 0 Å². The molecule has 5 aromatic carbocycles. The lowest BCUT2D eigenvalue weighted by Gasteiger charge is -2.21. The van der Waals surface area contributed by atoms with Crippen LogP contribution >= 0.6 is 0 Å². The van der Waals surface area contributed by atoms with Crippen LogP contribution in [0.5, 0.6) is 11.5 Å². The Morgan fingerprint density at radius 2 is 1.03 bits per heavy atom. The van der Waals surface area contributed by atoms with Crippen molar-refractivity contribution in [2.24, 2.45) is 0 Å². The normalized spacial score (nSPS) is 11.7. The van der Waals surface area contributed by atoms with Crippen molar-refractivity contribution < 1.29 is 4.74 Å². The molecule has 0 N–H and O–H groups in total. The molecule has 1 aromatic heterocycles. The quantitative estimate of drug-likeness (QED) is 0.276. The van der Waals surface area contributed by atoms with Gasteiger partial charge < -0.3 is 4.74 Å². The fourth-order valence-electron chi connectivity index (χ4n) is 4.64. The second-order valence-electron chi connectivity index (χ2n) is 8.51. The van der Waals surface area contributed by atoms with E-state index in [4.69, 9.17) is 19.7 Å². The summed E-state index contributed by atoms with van der Waals surface area (Å²) >= 11 is 0. The van der Waals surface area contributed by atoms with Crippen molar-refractivity contribution in [3.63, 3.8) is 0 Å². The zero-order chi connectivity index (χ0) is 23.2. The first-order chi connectivity index (χ1) is 17.3. The molecule has 0 saturated heterocycles. The van der Waals surface area contributed by atoms with E-state index in [0.717, 1.165) is 50.1 Å². The summed E-state index contributed by atoms with van der Waals surface area (Å²) in [4.78, 5) is 14.6. The SMILES string of the molecule is c1ccc(-c2nc(-c3ccccc3)nc(-c3ccc4c(c3)-c3cccc5cccc(c35)O4)n2)cc1. The number of benzene rings is 5. The lowest BCUT2D eigenvalue weighted by Crippen LogP contribution is -2.01. The molecular formula is C31H19N3O. The molecule has 0 radical (unpaired) electrons. The number of ether oxygens (including phenoxy) is 1. The highest BCUT2D eigenvalue weighted by atomic mass is 16.5. The molecule has 0 aliphatic carbocycles. The van der Waals surface area contributed by atoms with Gasteiger partial charge in [0.2, 0.25) is 0 Å². The van der Waals surface area contributed by atoms with Crippen molar-refractivity contribution in [1.29, 1.82) is 0 Å². The van der Waals surface area contributed by atoms with Gasteiger partial charge in [0.1, 0.15) is 11.5 Å². The summed E-state index contributed by atoms with van der Waals surface area (Å²) in [5.41, 5.74) is 5.01. The third kappa shape index (κ3) is 3.35. The highest BCUT2D eigenvalue weighted by molar-refractivity contribution is 6.04. The van der Waals surface area contributed by atoms with E-state index in [2.05, 4.69) is 30.3 Å². The van der Waals surface area contributed by atoms with Gasteiger partial charge in [-0.2, -0.15) is 0 Å². The second-order valence-corrected chi connectivity index (χ2v) is 8.51. The lowest BCUT2D eigenvalue weighted by molar-refractivity contribution is 0.487. The van der Waals surface area contributed by atoms with Crippen LogP contribution in [0.1, 0.15) is 0 Å².